The number of carbonyl (C=O) groups excluding carboxylic acids is 1. The molecule has 0 spiro atoms. The van der Waals surface area contributed by atoms with Crippen molar-refractivity contribution < 1.29 is 19.0 Å². The van der Waals surface area contributed by atoms with Gasteiger partial charge in [-0.25, -0.2) is 4.98 Å². The molecule has 3 rings (SSSR count). The molecule has 1 aliphatic heterocycles. The lowest BCUT2D eigenvalue weighted by Gasteiger charge is -2.16. The predicted octanol–water partition coefficient (Wildman–Crippen LogP) is 1.93. The topological polar surface area (TPSA) is 85.8 Å². The van der Waals surface area contributed by atoms with Crippen LogP contribution >= 0.6 is 0 Å². The summed E-state index contributed by atoms with van der Waals surface area (Å²) in [5.74, 6) is 1.62. The van der Waals surface area contributed by atoms with Crippen molar-refractivity contribution in [3.63, 3.8) is 0 Å². The number of amides is 1. The highest BCUT2D eigenvalue weighted by Gasteiger charge is 2.13. The van der Waals surface area contributed by atoms with Gasteiger partial charge in [0.2, 0.25) is 12.7 Å². The first kappa shape index (κ1) is 16.6. The first-order valence-corrected chi connectivity index (χ1v) is 7.54. The molecule has 1 aromatic carbocycles. The Morgan fingerprint density at radius 2 is 2.12 bits per heavy atom. The van der Waals surface area contributed by atoms with Crippen LogP contribution in [0.15, 0.2) is 30.5 Å². The zero-order chi connectivity index (χ0) is 17.8. The molecule has 2 heterocycles. The van der Waals surface area contributed by atoms with Crippen LogP contribution in [0.3, 0.4) is 0 Å². The van der Waals surface area contributed by atoms with Gasteiger partial charge in [0.05, 0.1) is 13.3 Å². The van der Waals surface area contributed by atoms with Gasteiger partial charge in [0.15, 0.2) is 17.3 Å². The molecule has 0 saturated carbocycles. The second-order valence-corrected chi connectivity index (χ2v) is 5.42. The maximum Gasteiger partial charge on any atom is 0.318 e. The van der Waals surface area contributed by atoms with E-state index in [1.54, 1.807) is 17.0 Å². The van der Waals surface area contributed by atoms with E-state index < -0.39 is 0 Å². The quantitative estimate of drug-likeness (QED) is 0.831. The molecule has 8 heteroatoms. The minimum atomic E-state index is -0.297. The molecule has 25 heavy (non-hydrogen) atoms. The highest BCUT2D eigenvalue weighted by Crippen LogP contribution is 2.32. The number of anilines is 2. The van der Waals surface area contributed by atoms with E-state index in [-0.39, 0.29) is 18.7 Å². The minimum absolute atomic E-state index is 0.216. The van der Waals surface area contributed by atoms with Crippen molar-refractivity contribution in [3.05, 3.63) is 36.0 Å². The molecule has 130 valence electrons. The number of carbonyl (C=O) groups is 1. The van der Waals surface area contributed by atoms with Crippen molar-refractivity contribution in [2.45, 2.75) is 0 Å². The molecule has 2 aromatic rings. The van der Waals surface area contributed by atoms with E-state index in [9.17, 15) is 4.79 Å². The van der Waals surface area contributed by atoms with Crippen LogP contribution in [0.5, 0.6) is 17.5 Å². The lowest BCUT2D eigenvalue weighted by molar-refractivity contribution is -0.111. The van der Waals surface area contributed by atoms with E-state index in [0.29, 0.717) is 23.0 Å². The highest BCUT2D eigenvalue weighted by atomic mass is 16.7. The van der Waals surface area contributed by atoms with Crippen LogP contribution in [-0.4, -0.2) is 43.9 Å². The van der Waals surface area contributed by atoms with Crippen LogP contribution in [0, 0.1) is 0 Å². The number of fused-ring (bicyclic) bond motifs is 1. The lowest BCUT2D eigenvalue weighted by Crippen LogP contribution is -2.17. The largest absolute Gasteiger partial charge is 0.467 e. The zero-order valence-corrected chi connectivity index (χ0v) is 14.1. The molecular formula is C17H18N4O4. The van der Waals surface area contributed by atoms with Gasteiger partial charge in [-0.2, -0.15) is 4.98 Å². The summed E-state index contributed by atoms with van der Waals surface area (Å²) in [6.45, 7) is 0.216. The van der Waals surface area contributed by atoms with Gasteiger partial charge in [0, 0.05) is 20.2 Å². The van der Waals surface area contributed by atoms with Crippen molar-refractivity contribution in [2.75, 3.05) is 38.2 Å². The second-order valence-electron chi connectivity index (χ2n) is 5.42. The Morgan fingerprint density at radius 3 is 2.88 bits per heavy atom. The fraction of sp³-hybridized carbons (Fsp3) is 0.235. The Labute approximate surface area is 145 Å². The second kappa shape index (κ2) is 7.08. The summed E-state index contributed by atoms with van der Waals surface area (Å²) in [4.78, 5) is 22.2. The molecular weight excluding hydrogens is 324 g/mol. The molecule has 8 nitrogen and oxygen atoms in total. The molecule has 0 radical (unpaired) electrons. The van der Waals surface area contributed by atoms with Gasteiger partial charge in [-0.3, -0.25) is 4.79 Å². The Morgan fingerprint density at radius 1 is 1.32 bits per heavy atom. The van der Waals surface area contributed by atoms with Gasteiger partial charge < -0.3 is 24.4 Å². The van der Waals surface area contributed by atoms with E-state index in [1.165, 1.54) is 19.4 Å². The van der Waals surface area contributed by atoms with Crippen molar-refractivity contribution in [1.29, 1.82) is 0 Å². The van der Waals surface area contributed by atoms with Gasteiger partial charge in [0.25, 0.3) is 0 Å². The van der Waals surface area contributed by atoms with Crippen LogP contribution in [-0.2, 0) is 4.79 Å². The standard InChI is InChI=1S/C17H18N4O4/c1-21(2)16-12(9-18-17(20-16)23-3)19-15(22)7-5-11-4-6-13-14(8-11)25-10-24-13/h4-9H,10H2,1-3H3,(H,19,22)/b7-5+. The van der Waals surface area contributed by atoms with Crippen LogP contribution < -0.4 is 24.4 Å². The molecule has 0 fully saturated rings. The lowest BCUT2D eigenvalue weighted by atomic mass is 10.2. The van der Waals surface area contributed by atoms with Crippen LogP contribution in [0.1, 0.15) is 5.56 Å². The van der Waals surface area contributed by atoms with Gasteiger partial charge in [-0.05, 0) is 23.8 Å². The summed E-state index contributed by atoms with van der Waals surface area (Å²) < 4.78 is 15.6. The number of rotatable bonds is 5. The molecule has 0 saturated heterocycles. The number of hydrogen-bond donors (Lipinski definition) is 1. The number of hydrogen-bond acceptors (Lipinski definition) is 7. The molecule has 1 amide bonds. The number of ether oxygens (including phenoxy) is 3. The van der Waals surface area contributed by atoms with Gasteiger partial charge in [0.1, 0.15) is 5.69 Å². The highest BCUT2D eigenvalue weighted by molar-refractivity contribution is 6.03. The summed E-state index contributed by atoms with van der Waals surface area (Å²) in [6, 6.07) is 5.70. The average molecular weight is 342 g/mol. The normalized spacial score (nSPS) is 12.3. The summed E-state index contributed by atoms with van der Waals surface area (Å²) >= 11 is 0. The smallest absolute Gasteiger partial charge is 0.318 e. The number of methoxy groups -OCH3 is 1. The van der Waals surface area contributed by atoms with Crippen molar-refractivity contribution in [3.8, 4) is 17.5 Å². The van der Waals surface area contributed by atoms with Gasteiger partial charge in [-0.1, -0.05) is 6.07 Å². The number of nitrogens with zero attached hydrogens (tertiary/aromatic N) is 3. The number of benzene rings is 1. The summed E-state index contributed by atoms with van der Waals surface area (Å²) in [6.07, 6.45) is 4.63. The third kappa shape index (κ3) is 3.79. The van der Waals surface area contributed by atoms with Gasteiger partial charge in [-0.15, -0.1) is 0 Å². The van der Waals surface area contributed by atoms with E-state index in [0.717, 1.165) is 5.56 Å². The van der Waals surface area contributed by atoms with Crippen LogP contribution in [0.25, 0.3) is 6.08 Å². The van der Waals surface area contributed by atoms with Gasteiger partial charge >= 0.3 is 6.01 Å². The van der Waals surface area contributed by atoms with Crippen LogP contribution in [0.2, 0.25) is 0 Å². The molecule has 0 unspecified atom stereocenters. The van der Waals surface area contributed by atoms with Crippen molar-refractivity contribution in [1.82, 2.24) is 9.97 Å². The summed E-state index contributed by atoms with van der Waals surface area (Å²) in [5.41, 5.74) is 1.32. The van der Waals surface area contributed by atoms with E-state index in [1.807, 2.05) is 26.2 Å². The minimum Gasteiger partial charge on any atom is -0.467 e. The molecule has 0 atom stereocenters. The van der Waals surface area contributed by atoms with E-state index >= 15 is 0 Å². The fourth-order valence-corrected chi connectivity index (χ4v) is 2.25. The Kier molecular flexibility index (Phi) is 4.69. The maximum atomic E-state index is 12.2. The zero-order valence-electron chi connectivity index (χ0n) is 14.1. The molecule has 1 aromatic heterocycles. The fourth-order valence-electron chi connectivity index (χ4n) is 2.25. The van der Waals surface area contributed by atoms with E-state index in [4.69, 9.17) is 14.2 Å². The third-order valence-electron chi connectivity index (χ3n) is 3.43. The molecule has 1 aliphatic rings. The van der Waals surface area contributed by atoms with Crippen LogP contribution in [0.4, 0.5) is 11.5 Å². The van der Waals surface area contributed by atoms with Crippen molar-refractivity contribution >= 4 is 23.5 Å². The Bertz CT molecular complexity index is 820. The third-order valence-corrected chi connectivity index (χ3v) is 3.43. The van der Waals surface area contributed by atoms with Crippen molar-refractivity contribution in [2.24, 2.45) is 0 Å². The molecule has 1 N–H and O–H groups in total. The molecule has 0 aliphatic carbocycles. The first-order valence-electron chi connectivity index (χ1n) is 7.54. The maximum absolute atomic E-state index is 12.2. The predicted molar refractivity (Wildman–Crippen MR) is 93.1 cm³/mol. The monoisotopic (exact) mass is 342 g/mol. The summed E-state index contributed by atoms with van der Waals surface area (Å²) in [5, 5.41) is 2.76. The SMILES string of the molecule is COc1ncc(NC(=O)/C=C/c2ccc3c(c2)OCO3)c(N(C)C)n1. The Hall–Kier alpha value is -3.29. The average Bonchev–Trinajstić information content (AvgIpc) is 3.07. The first-order chi connectivity index (χ1) is 12.1. The molecule has 0 bridgehead atoms. The Balaban J connectivity index is 1.72. The number of aromatic nitrogens is 2. The van der Waals surface area contributed by atoms with E-state index in [2.05, 4.69) is 15.3 Å². The number of nitrogens with one attached hydrogen (secondary N) is 1. The summed E-state index contributed by atoms with van der Waals surface area (Å²) in [7, 11) is 5.13.